The van der Waals surface area contributed by atoms with E-state index in [2.05, 4.69) is 5.10 Å². The van der Waals surface area contributed by atoms with Gasteiger partial charge < -0.3 is 10.2 Å². The molecule has 0 amide bonds. The van der Waals surface area contributed by atoms with Crippen molar-refractivity contribution in [1.82, 2.24) is 0 Å². The van der Waals surface area contributed by atoms with E-state index in [0.717, 1.165) is 12.8 Å². The molecule has 1 aliphatic rings. The molecule has 4 nitrogen and oxygen atoms in total. The highest BCUT2D eigenvalue weighted by Crippen LogP contribution is 2.29. The third-order valence-electron chi connectivity index (χ3n) is 2.01. The number of quaternary nitrogens is 1. The van der Waals surface area contributed by atoms with Crippen LogP contribution in [0.3, 0.4) is 0 Å². The molecule has 1 rings (SSSR count). The number of hydrogen-bond acceptors (Lipinski definition) is 3. The minimum absolute atomic E-state index is 0.00866. The number of rotatable bonds is 4. The first-order valence-corrected chi connectivity index (χ1v) is 4.69. The van der Waals surface area contributed by atoms with Crippen LogP contribution >= 0.6 is 0 Å². The number of aliphatic hydroxyl groups excluding tert-OH is 1. The molecule has 1 fully saturated rings. The van der Waals surface area contributed by atoms with Gasteiger partial charge in [0.25, 0.3) is 0 Å². The summed E-state index contributed by atoms with van der Waals surface area (Å²) in [6.45, 7) is 2.19. The van der Waals surface area contributed by atoms with Gasteiger partial charge in [0.2, 0.25) is 0 Å². The van der Waals surface area contributed by atoms with Crippen LogP contribution < -0.4 is 5.11 Å². The summed E-state index contributed by atoms with van der Waals surface area (Å²) < 4.78 is 0.229. The molecular weight excluding hydrogens is 168 g/mol. The largest absolute Gasteiger partial charge is 0.858 e. The van der Waals surface area contributed by atoms with Crippen molar-refractivity contribution in [1.29, 1.82) is 0 Å². The average Bonchev–Trinajstić information content (AvgIpc) is 2.60. The Labute approximate surface area is 79.1 Å². The number of aliphatic hydroxyl groups is 1. The summed E-state index contributed by atoms with van der Waals surface area (Å²) in [6, 6.07) is 0. The van der Waals surface area contributed by atoms with E-state index in [1.807, 2.05) is 14.1 Å². The second kappa shape index (κ2) is 3.64. The summed E-state index contributed by atoms with van der Waals surface area (Å²) in [5.74, 6) is 0.164. The van der Waals surface area contributed by atoms with Crippen LogP contribution in [0.5, 0.6) is 0 Å². The predicted octanol–water partition coefficient (Wildman–Crippen LogP) is -0.473. The highest BCUT2D eigenvalue weighted by molar-refractivity contribution is 5.75. The zero-order chi connectivity index (χ0) is 10.1. The molecule has 0 aliphatic heterocycles. The van der Waals surface area contributed by atoms with Crippen molar-refractivity contribution < 1.29 is 14.8 Å². The zero-order valence-electron chi connectivity index (χ0n) is 8.53. The Morgan fingerprint density at radius 2 is 2.15 bits per heavy atom. The Morgan fingerprint density at radius 1 is 1.62 bits per heavy atom. The first-order chi connectivity index (χ1) is 5.91. The minimum Gasteiger partial charge on any atom is -0.858 e. The van der Waals surface area contributed by atoms with Crippen LogP contribution in [0.25, 0.3) is 0 Å². The fourth-order valence-electron chi connectivity index (χ4n) is 1.37. The van der Waals surface area contributed by atoms with Crippen LogP contribution in [0.4, 0.5) is 0 Å². The second-order valence-electron chi connectivity index (χ2n) is 4.37. The Hall–Kier alpha value is -0.610. The van der Waals surface area contributed by atoms with Crippen LogP contribution in [0.2, 0.25) is 0 Å². The molecule has 0 spiro atoms. The molecule has 0 radical (unpaired) electrons. The van der Waals surface area contributed by atoms with Gasteiger partial charge >= 0.3 is 0 Å². The van der Waals surface area contributed by atoms with Crippen LogP contribution in [0, 0.1) is 5.92 Å². The van der Waals surface area contributed by atoms with Crippen molar-refractivity contribution in [3.05, 3.63) is 0 Å². The maximum Gasteiger partial charge on any atom is 0.128 e. The summed E-state index contributed by atoms with van der Waals surface area (Å²) in [4.78, 5) is 0. The van der Waals surface area contributed by atoms with Crippen molar-refractivity contribution in [2.45, 2.75) is 25.9 Å². The molecule has 1 saturated carbocycles. The Kier molecular flexibility index (Phi) is 2.93. The summed E-state index contributed by atoms with van der Waals surface area (Å²) in [7, 11) is 3.65. The van der Waals surface area contributed by atoms with E-state index in [-0.39, 0.29) is 16.4 Å². The third kappa shape index (κ3) is 3.74. The number of nitrogens with zero attached hydrogens (tertiary/aromatic N) is 2. The van der Waals surface area contributed by atoms with Crippen LogP contribution in [-0.4, -0.2) is 42.3 Å². The van der Waals surface area contributed by atoms with Crippen molar-refractivity contribution in [2.75, 3.05) is 20.6 Å². The number of likely N-dealkylation sites (N-methyl/N-ethyl adjacent to an activating group) is 1. The van der Waals surface area contributed by atoms with Gasteiger partial charge in [0.1, 0.15) is 12.6 Å². The average molecular weight is 186 g/mol. The lowest BCUT2D eigenvalue weighted by molar-refractivity contribution is -0.901. The van der Waals surface area contributed by atoms with E-state index in [9.17, 15) is 5.11 Å². The molecule has 0 aromatic rings. The Balaban J connectivity index is 2.52. The lowest BCUT2D eigenvalue weighted by Crippen LogP contribution is -2.42. The van der Waals surface area contributed by atoms with Crippen LogP contribution in [0.1, 0.15) is 19.8 Å². The van der Waals surface area contributed by atoms with Crippen molar-refractivity contribution in [2.24, 2.45) is 11.0 Å². The minimum atomic E-state index is -0.425. The third-order valence-corrected chi connectivity index (χ3v) is 2.01. The Bertz CT molecular complexity index is 208. The fraction of sp³-hybridized carbons (Fsp3) is 0.889. The molecule has 0 bridgehead atoms. The molecule has 13 heavy (non-hydrogen) atoms. The van der Waals surface area contributed by atoms with Gasteiger partial charge in [-0.2, -0.15) is 0 Å². The van der Waals surface area contributed by atoms with Gasteiger partial charge in [0.15, 0.2) is 0 Å². The van der Waals surface area contributed by atoms with Crippen LogP contribution in [-0.2, 0) is 0 Å². The monoisotopic (exact) mass is 186 g/mol. The molecule has 76 valence electrons. The van der Waals surface area contributed by atoms with E-state index in [1.165, 1.54) is 0 Å². The normalized spacial score (nSPS) is 21.7. The molecule has 0 aromatic carbocycles. The molecule has 1 N–H and O–H groups in total. The van der Waals surface area contributed by atoms with Gasteiger partial charge in [0, 0.05) is 5.90 Å². The second-order valence-corrected chi connectivity index (χ2v) is 4.37. The molecule has 4 heteroatoms. The molecule has 0 aromatic heterocycles. The van der Waals surface area contributed by atoms with Gasteiger partial charge in [-0.15, -0.1) is 5.10 Å². The molecule has 0 heterocycles. The van der Waals surface area contributed by atoms with E-state index in [4.69, 9.17) is 5.11 Å². The maximum absolute atomic E-state index is 11.3. The van der Waals surface area contributed by atoms with Crippen molar-refractivity contribution in [3.8, 4) is 0 Å². The van der Waals surface area contributed by atoms with Gasteiger partial charge in [0.05, 0.1) is 14.1 Å². The van der Waals surface area contributed by atoms with Gasteiger partial charge in [-0.05, 0) is 25.7 Å². The van der Waals surface area contributed by atoms with Crippen molar-refractivity contribution >= 4 is 5.90 Å². The van der Waals surface area contributed by atoms with Gasteiger partial charge in [-0.25, -0.2) is 4.59 Å². The van der Waals surface area contributed by atoms with E-state index in [1.54, 1.807) is 6.92 Å². The summed E-state index contributed by atoms with van der Waals surface area (Å²) in [6.07, 6.45) is 1.54. The molecule has 0 saturated heterocycles. The van der Waals surface area contributed by atoms with E-state index in [0.29, 0.717) is 6.54 Å². The first kappa shape index (κ1) is 10.5. The van der Waals surface area contributed by atoms with Crippen molar-refractivity contribution in [3.63, 3.8) is 0 Å². The predicted molar refractivity (Wildman–Crippen MR) is 48.8 cm³/mol. The standard InChI is InChI=1S/C9H18N2O2/c1-7(12)6-11(2,3)10-9(13)8-4-5-8/h7-8,12H,4-6H2,1-3H3. The highest BCUT2D eigenvalue weighted by Gasteiger charge is 2.25. The van der Waals surface area contributed by atoms with E-state index >= 15 is 0 Å². The maximum atomic E-state index is 11.3. The van der Waals surface area contributed by atoms with Crippen LogP contribution in [0.15, 0.2) is 5.10 Å². The number of hydrogen-bond donors (Lipinski definition) is 1. The Morgan fingerprint density at radius 3 is 2.54 bits per heavy atom. The van der Waals surface area contributed by atoms with Gasteiger partial charge in [-0.1, -0.05) is 0 Å². The molecule has 1 aliphatic carbocycles. The fourth-order valence-corrected chi connectivity index (χ4v) is 1.37. The molecular formula is C9H18N2O2. The summed E-state index contributed by atoms with van der Waals surface area (Å²) in [5.41, 5.74) is 0. The topological polar surface area (TPSA) is 55.7 Å². The SMILES string of the molecule is CC(O)C[N+](C)(C)/N=C(\[O-])C1CC1. The summed E-state index contributed by atoms with van der Waals surface area (Å²) >= 11 is 0. The molecule has 1 atom stereocenters. The van der Waals surface area contributed by atoms with E-state index < -0.39 is 6.10 Å². The first-order valence-electron chi connectivity index (χ1n) is 4.69. The quantitative estimate of drug-likeness (QED) is 0.279. The lowest BCUT2D eigenvalue weighted by Gasteiger charge is -2.26. The zero-order valence-corrected chi connectivity index (χ0v) is 8.53. The van der Waals surface area contributed by atoms with Gasteiger partial charge in [-0.3, -0.25) is 0 Å². The lowest BCUT2D eigenvalue weighted by atomic mass is 10.4. The summed E-state index contributed by atoms with van der Waals surface area (Å²) in [5, 5.41) is 24.6. The smallest absolute Gasteiger partial charge is 0.128 e. The highest BCUT2D eigenvalue weighted by atomic mass is 16.3. The molecule has 1 unspecified atom stereocenters.